The van der Waals surface area contributed by atoms with Crippen LogP contribution in [-0.4, -0.2) is 17.1 Å². The number of anilines is 1. The first kappa shape index (κ1) is 13.7. The first-order valence-corrected chi connectivity index (χ1v) is 9.48. The van der Waals surface area contributed by atoms with Gasteiger partial charge < -0.3 is 10.2 Å². The Morgan fingerprint density at radius 3 is 2.86 bits per heavy atom. The van der Waals surface area contributed by atoms with E-state index in [2.05, 4.69) is 34.7 Å². The Morgan fingerprint density at radius 1 is 1.33 bits per heavy atom. The summed E-state index contributed by atoms with van der Waals surface area (Å²) >= 11 is 3.73. The van der Waals surface area contributed by atoms with Crippen molar-refractivity contribution in [1.82, 2.24) is 10.3 Å². The number of hydrogen-bond donors (Lipinski definition) is 1. The molecule has 4 rings (SSSR count). The highest BCUT2D eigenvalue weighted by Gasteiger charge is 2.31. The Kier molecular flexibility index (Phi) is 3.73. The van der Waals surface area contributed by atoms with Crippen molar-refractivity contribution in [3.8, 4) is 0 Å². The highest BCUT2D eigenvalue weighted by Crippen LogP contribution is 2.37. The molecule has 2 heterocycles. The molecular formula is C16H21N3S2. The highest BCUT2D eigenvalue weighted by atomic mass is 32.1. The van der Waals surface area contributed by atoms with E-state index < -0.39 is 0 Å². The molecule has 2 fully saturated rings. The SMILES string of the molecule is Cc1nc(N(Cc2cccs2)C2CC2)sc1CNC1CC1. The van der Waals surface area contributed by atoms with E-state index in [1.807, 2.05) is 22.7 Å². The van der Waals surface area contributed by atoms with Gasteiger partial charge in [-0.1, -0.05) is 6.07 Å². The maximum atomic E-state index is 4.86. The Hall–Kier alpha value is -0.910. The van der Waals surface area contributed by atoms with Crippen LogP contribution in [0.5, 0.6) is 0 Å². The van der Waals surface area contributed by atoms with E-state index in [9.17, 15) is 0 Å². The van der Waals surface area contributed by atoms with Crippen LogP contribution in [-0.2, 0) is 13.1 Å². The number of hydrogen-bond acceptors (Lipinski definition) is 5. The van der Waals surface area contributed by atoms with Crippen LogP contribution in [0.2, 0.25) is 0 Å². The maximum Gasteiger partial charge on any atom is 0.186 e. The van der Waals surface area contributed by atoms with Gasteiger partial charge in [0.15, 0.2) is 5.13 Å². The van der Waals surface area contributed by atoms with Crippen LogP contribution in [0.4, 0.5) is 5.13 Å². The number of thiazole rings is 1. The fourth-order valence-corrected chi connectivity index (χ4v) is 4.32. The van der Waals surface area contributed by atoms with Gasteiger partial charge in [-0.3, -0.25) is 0 Å². The summed E-state index contributed by atoms with van der Waals surface area (Å²) in [5, 5.41) is 6.99. The summed E-state index contributed by atoms with van der Waals surface area (Å²) in [6.07, 6.45) is 5.33. The lowest BCUT2D eigenvalue weighted by atomic mass is 10.4. The number of aromatic nitrogens is 1. The van der Waals surface area contributed by atoms with Crippen LogP contribution >= 0.6 is 22.7 Å². The average Bonchev–Trinajstić information content (AvgIpc) is 3.39. The predicted octanol–water partition coefficient (Wildman–Crippen LogP) is 3.93. The van der Waals surface area contributed by atoms with E-state index in [0.29, 0.717) is 6.04 Å². The standard InChI is InChI=1S/C16H21N3S2/c1-11-15(9-17-12-4-5-12)21-16(18-11)19(13-6-7-13)10-14-3-2-8-20-14/h2-3,8,12-13,17H,4-7,9-10H2,1H3. The van der Waals surface area contributed by atoms with Crippen LogP contribution in [0.25, 0.3) is 0 Å². The molecule has 0 unspecified atom stereocenters. The van der Waals surface area contributed by atoms with Crippen molar-refractivity contribution in [3.05, 3.63) is 33.0 Å². The number of nitrogens with zero attached hydrogens (tertiary/aromatic N) is 2. The van der Waals surface area contributed by atoms with Crippen LogP contribution in [0.15, 0.2) is 17.5 Å². The fourth-order valence-electron chi connectivity index (χ4n) is 2.53. The summed E-state index contributed by atoms with van der Waals surface area (Å²) in [7, 11) is 0. The molecule has 2 aliphatic rings. The van der Waals surface area contributed by atoms with Gasteiger partial charge >= 0.3 is 0 Å². The van der Waals surface area contributed by atoms with Gasteiger partial charge in [-0.15, -0.1) is 22.7 Å². The minimum Gasteiger partial charge on any atom is -0.340 e. The van der Waals surface area contributed by atoms with E-state index in [1.165, 1.54) is 46.3 Å². The fraction of sp³-hybridized carbons (Fsp3) is 0.562. The molecule has 2 aliphatic carbocycles. The van der Waals surface area contributed by atoms with Crippen molar-refractivity contribution < 1.29 is 0 Å². The molecule has 0 amide bonds. The molecular weight excluding hydrogens is 298 g/mol. The van der Waals surface area contributed by atoms with Gasteiger partial charge in [0.1, 0.15) is 0 Å². The third kappa shape index (κ3) is 3.30. The molecule has 0 aliphatic heterocycles. The van der Waals surface area contributed by atoms with Gasteiger partial charge in [0.2, 0.25) is 0 Å². The van der Waals surface area contributed by atoms with Gasteiger partial charge in [-0.05, 0) is 44.1 Å². The van der Waals surface area contributed by atoms with E-state index in [0.717, 1.165) is 19.1 Å². The maximum absolute atomic E-state index is 4.86. The molecule has 2 aromatic rings. The molecule has 112 valence electrons. The third-order valence-corrected chi connectivity index (χ3v) is 6.21. The Balaban J connectivity index is 1.50. The largest absolute Gasteiger partial charge is 0.340 e. The third-order valence-electron chi connectivity index (χ3n) is 4.15. The first-order valence-electron chi connectivity index (χ1n) is 7.78. The van der Waals surface area contributed by atoms with Gasteiger partial charge in [-0.2, -0.15) is 0 Å². The molecule has 3 nitrogen and oxygen atoms in total. The lowest BCUT2D eigenvalue weighted by Gasteiger charge is -2.20. The zero-order chi connectivity index (χ0) is 14.2. The molecule has 0 radical (unpaired) electrons. The quantitative estimate of drug-likeness (QED) is 0.838. The summed E-state index contributed by atoms with van der Waals surface area (Å²) in [5.41, 5.74) is 1.21. The molecule has 0 atom stereocenters. The Morgan fingerprint density at radius 2 is 2.19 bits per heavy atom. The normalized spacial score (nSPS) is 18.1. The van der Waals surface area contributed by atoms with E-state index in [1.54, 1.807) is 0 Å². The van der Waals surface area contributed by atoms with Gasteiger partial charge in [0.25, 0.3) is 0 Å². The number of rotatable bonds is 7. The van der Waals surface area contributed by atoms with Crippen molar-refractivity contribution in [2.24, 2.45) is 0 Å². The number of thiophene rings is 1. The average molecular weight is 319 g/mol. The van der Waals surface area contributed by atoms with Crippen LogP contribution < -0.4 is 10.2 Å². The minimum absolute atomic E-state index is 0.710. The topological polar surface area (TPSA) is 28.2 Å². The van der Waals surface area contributed by atoms with Crippen molar-refractivity contribution in [2.75, 3.05) is 4.90 Å². The summed E-state index contributed by atoms with van der Waals surface area (Å²) in [5.74, 6) is 0. The number of aryl methyl sites for hydroxylation is 1. The molecule has 0 bridgehead atoms. The summed E-state index contributed by atoms with van der Waals surface area (Å²) < 4.78 is 0. The second-order valence-corrected chi connectivity index (χ2v) is 8.19. The van der Waals surface area contributed by atoms with Crippen molar-refractivity contribution in [2.45, 2.75) is 57.8 Å². The smallest absolute Gasteiger partial charge is 0.186 e. The van der Waals surface area contributed by atoms with Crippen molar-refractivity contribution in [3.63, 3.8) is 0 Å². The number of nitrogens with one attached hydrogen (secondary N) is 1. The lowest BCUT2D eigenvalue weighted by molar-refractivity contribution is 0.691. The van der Waals surface area contributed by atoms with E-state index in [-0.39, 0.29) is 0 Å². The van der Waals surface area contributed by atoms with Gasteiger partial charge in [-0.25, -0.2) is 4.98 Å². The van der Waals surface area contributed by atoms with Gasteiger partial charge in [0.05, 0.1) is 12.2 Å². The Labute approximate surface area is 134 Å². The predicted molar refractivity (Wildman–Crippen MR) is 90.2 cm³/mol. The summed E-state index contributed by atoms with van der Waals surface area (Å²) in [4.78, 5) is 10.2. The lowest BCUT2D eigenvalue weighted by Crippen LogP contribution is -2.24. The van der Waals surface area contributed by atoms with E-state index in [4.69, 9.17) is 4.98 Å². The summed E-state index contributed by atoms with van der Waals surface area (Å²) in [6, 6.07) is 5.85. The second-order valence-electron chi connectivity index (χ2n) is 6.10. The molecule has 0 spiro atoms. The monoisotopic (exact) mass is 319 g/mol. The van der Waals surface area contributed by atoms with Crippen LogP contribution in [0.1, 0.15) is 41.1 Å². The van der Waals surface area contributed by atoms with E-state index >= 15 is 0 Å². The van der Waals surface area contributed by atoms with Gasteiger partial charge in [0, 0.05) is 28.4 Å². The minimum atomic E-state index is 0.710. The molecule has 21 heavy (non-hydrogen) atoms. The Bertz CT molecular complexity index is 597. The zero-order valence-electron chi connectivity index (χ0n) is 12.3. The van der Waals surface area contributed by atoms with Crippen molar-refractivity contribution >= 4 is 27.8 Å². The summed E-state index contributed by atoms with van der Waals surface area (Å²) in [6.45, 7) is 4.16. The second kappa shape index (κ2) is 5.71. The molecule has 0 aromatic carbocycles. The highest BCUT2D eigenvalue weighted by molar-refractivity contribution is 7.15. The molecule has 0 saturated heterocycles. The molecule has 5 heteroatoms. The molecule has 2 saturated carbocycles. The van der Waals surface area contributed by atoms with Crippen molar-refractivity contribution in [1.29, 1.82) is 0 Å². The van der Waals surface area contributed by atoms with Crippen LogP contribution in [0.3, 0.4) is 0 Å². The molecule has 2 aromatic heterocycles. The molecule has 1 N–H and O–H groups in total. The van der Waals surface area contributed by atoms with Crippen LogP contribution in [0, 0.1) is 6.92 Å². The zero-order valence-corrected chi connectivity index (χ0v) is 14.0. The first-order chi connectivity index (χ1) is 10.3.